The van der Waals surface area contributed by atoms with Gasteiger partial charge in [-0.1, -0.05) is 11.6 Å². The summed E-state index contributed by atoms with van der Waals surface area (Å²) in [4.78, 5) is 36.8. The van der Waals surface area contributed by atoms with E-state index in [1.165, 1.54) is 0 Å². The van der Waals surface area contributed by atoms with Gasteiger partial charge in [0.15, 0.2) is 11.4 Å². The molecule has 1 aromatic carbocycles. The second-order valence-electron chi connectivity index (χ2n) is 6.75. The van der Waals surface area contributed by atoms with E-state index in [9.17, 15) is 36.9 Å². The normalized spacial score (nSPS) is 27.1. The maximum absolute atomic E-state index is 14.5. The molecule has 2 fully saturated rings. The molecule has 1 heterocycles. The molecule has 3 unspecified atom stereocenters. The van der Waals surface area contributed by atoms with Gasteiger partial charge in [-0.2, -0.15) is 8.42 Å². The highest BCUT2D eigenvalue weighted by molar-refractivity contribution is 7.88. The van der Waals surface area contributed by atoms with Gasteiger partial charge in [0.25, 0.3) is 16.0 Å². The van der Waals surface area contributed by atoms with Gasteiger partial charge >= 0.3 is 5.97 Å². The maximum Gasteiger partial charge on any atom is 0.341 e. The number of carboxylic acid groups (broad SMARTS) is 1. The smallest absolute Gasteiger partial charge is 0.341 e. The lowest BCUT2D eigenvalue weighted by atomic mass is 9.78. The summed E-state index contributed by atoms with van der Waals surface area (Å²) in [6.45, 7) is -0.851. The van der Waals surface area contributed by atoms with Crippen molar-refractivity contribution in [2.24, 2.45) is 5.92 Å². The lowest BCUT2D eigenvalue weighted by Crippen LogP contribution is -2.54. The summed E-state index contributed by atoms with van der Waals surface area (Å²) >= 11 is 5.79. The number of aliphatic hydroxyl groups is 1. The van der Waals surface area contributed by atoms with E-state index in [1.807, 2.05) is 0 Å². The molecule has 2 aliphatic rings. The van der Waals surface area contributed by atoms with E-state index >= 15 is 0 Å². The van der Waals surface area contributed by atoms with Crippen molar-refractivity contribution in [2.45, 2.75) is 30.1 Å². The van der Waals surface area contributed by atoms with Gasteiger partial charge in [0.05, 0.1) is 22.7 Å². The van der Waals surface area contributed by atoms with Crippen LogP contribution >= 0.6 is 11.6 Å². The lowest BCUT2D eigenvalue weighted by molar-refractivity contribution is -0.139. The molecule has 3 atom stereocenters. The molecule has 13 heteroatoms. The average Bonchev–Trinajstić information content (AvgIpc) is 2.82. The second kappa shape index (κ2) is 7.20. The molecule has 29 heavy (non-hydrogen) atoms. The Hall–Kier alpha value is -2.28. The number of imide groups is 1. The number of fused-ring (bicyclic) bond motifs is 1. The summed E-state index contributed by atoms with van der Waals surface area (Å²) in [6.07, 6.45) is -2.21. The van der Waals surface area contributed by atoms with E-state index < -0.39 is 69.2 Å². The molecule has 1 saturated heterocycles. The first-order valence-corrected chi connectivity index (χ1v) is 10.1. The van der Waals surface area contributed by atoms with Crippen molar-refractivity contribution in [1.29, 1.82) is 0 Å². The highest BCUT2D eigenvalue weighted by Crippen LogP contribution is 2.49. The van der Waals surface area contributed by atoms with Gasteiger partial charge in [-0.15, -0.1) is 0 Å². The molecule has 1 saturated carbocycles. The number of benzene rings is 1. The molecule has 0 aromatic heterocycles. The Balaban J connectivity index is 2.13. The van der Waals surface area contributed by atoms with Gasteiger partial charge in [-0.25, -0.2) is 14.1 Å². The van der Waals surface area contributed by atoms with E-state index in [4.69, 9.17) is 21.4 Å². The van der Waals surface area contributed by atoms with Gasteiger partial charge in [0.1, 0.15) is 11.6 Å². The summed E-state index contributed by atoms with van der Waals surface area (Å²) < 4.78 is 50.7. The van der Waals surface area contributed by atoms with Gasteiger partial charge in [0, 0.05) is 12.5 Å². The van der Waals surface area contributed by atoms with Crippen LogP contribution in [0.3, 0.4) is 0 Å². The van der Waals surface area contributed by atoms with E-state index in [1.54, 1.807) is 0 Å². The van der Waals surface area contributed by atoms with E-state index in [0.717, 1.165) is 6.07 Å². The van der Waals surface area contributed by atoms with Gasteiger partial charge in [-0.3, -0.25) is 14.1 Å². The molecule has 10 nitrogen and oxygen atoms in total. The predicted molar refractivity (Wildman–Crippen MR) is 94.7 cm³/mol. The average molecular weight is 452 g/mol. The van der Waals surface area contributed by atoms with Crippen LogP contribution in [0.25, 0.3) is 0 Å². The highest BCUT2D eigenvalue weighted by Gasteiger charge is 2.69. The molecule has 0 bridgehead atoms. The number of ether oxygens (including phenoxy) is 1. The van der Waals surface area contributed by atoms with Gasteiger partial charge in [-0.05, 0) is 18.9 Å². The third-order valence-corrected chi connectivity index (χ3v) is 6.87. The minimum absolute atomic E-state index is 0.00483. The zero-order valence-electron chi connectivity index (χ0n) is 14.5. The number of carbonyl (C=O) groups is 3. The molecule has 1 aromatic rings. The van der Waals surface area contributed by atoms with Crippen molar-refractivity contribution >= 4 is 45.2 Å². The van der Waals surface area contributed by atoms with Crippen molar-refractivity contribution in [1.82, 2.24) is 0 Å². The van der Waals surface area contributed by atoms with Crippen LogP contribution in [-0.2, 0) is 24.5 Å². The molecular formula is C16H15ClFNO9S. The van der Waals surface area contributed by atoms with Crippen LogP contribution in [0.5, 0.6) is 5.75 Å². The van der Waals surface area contributed by atoms with Crippen LogP contribution in [0.1, 0.15) is 19.3 Å². The zero-order chi connectivity index (χ0) is 21.7. The molecule has 3 N–H and O–H groups in total. The Morgan fingerprint density at radius 2 is 2.00 bits per heavy atom. The molecule has 1 aliphatic carbocycles. The van der Waals surface area contributed by atoms with Crippen molar-refractivity contribution < 1.29 is 46.7 Å². The van der Waals surface area contributed by atoms with Crippen LogP contribution in [0.4, 0.5) is 10.1 Å². The number of amides is 2. The van der Waals surface area contributed by atoms with Gasteiger partial charge in [0.2, 0.25) is 5.91 Å². The molecular weight excluding hydrogens is 437 g/mol. The van der Waals surface area contributed by atoms with Gasteiger partial charge < -0.3 is 14.9 Å². The molecule has 3 rings (SSSR count). The standard InChI is InChI=1S/C16H15ClFNO9S/c17-9-3-10(18)11(4-12(9)28-6-13(21)22)19-14(23)8-2-1-7(20)5-16(8,15(19)24)29(25,26)27/h3-4,7-8,20H,1-2,5-6H2,(H,21,22)(H,25,26,27). The number of nitrogens with zero attached hydrogens (tertiary/aromatic N) is 1. The highest BCUT2D eigenvalue weighted by atomic mass is 35.5. The number of hydrogen-bond donors (Lipinski definition) is 3. The molecule has 2 amide bonds. The molecule has 1 aliphatic heterocycles. The quantitative estimate of drug-likeness (QED) is 0.430. The largest absolute Gasteiger partial charge is 0.480 e. The summed E-state index contributed by atoms with van der Waals surface area (Å²) in [7, 11) is -5.16. The number of carbonyl (C=O) groups excluding carboxylic acids is 2. The van der Waals surface area contributed by atoms with Crippen molar-refractivity contribution in [3.05, 3.63) is 23.0 Å². The number of aliphatic carboxylic acids is 1. The Bertz CT molecular complexity index is 1010. The van der Waals surface area contributed by atoms with E-state index in [-0.39, 0.29) is 28.5 Å². The topological polar surface area (TPSA) is 159 Å². The summed E-state index contributed by atoms with van der Waals surface area (Å²) in [5.74, 6) is -6.92. The molecule has 0 spiro atoms. The predicted octanol–water partition coefficient (Wildman–Crippen LogP) is 0.603. The fraction of sp³-hybridized carbons (Fsp3) is 0.438. The Kier molecular flexibility index (Phi) is 5.32. The Morgan fingerprint density at radius 1 is 1.34 bits per heavy atom. The number of carboxylic acids is 1. The number of hydrogen-bond acceptors (Lipinski definition) is 7. The Morgan fingerprint density at radius 3 is 2.59 bits per heavy atom. The first-order chi connectivity index (χ1) is 13.4. The summed E-state index contributed by atoms with van der Waals surface area (Å²) in [5.41, 5.74) is -0.711. The van der Waals surface area contributed by atoms with E-state index in [0.29, 0.717) is 6.07 Å². The van der Waals surface area contributed by atoms with Crippen LogP contribution < -0.4 is 9.64 Å². The number of anilines is 1. The number of rotatable bonds is 5. The Labute approximate surface area is 168 Å². The summed E-state index contributed by atoms with van der Waals surface area (Å²) in [5, 5.41) is 18.2. The minimum atomic E-state index is -5.16. The first-order valence-electron chi connectivity index (χ1n) is 8.27. The molecule has 0 radical (unpaired) electrons. The fourth-order valence-electron chi connectivity index (χ4n) is 3.75. The zero-order valence-corrected chi connectivity index (χ0v) is 16.1. The third kappa shape index (κ3) is 3.35. The van der Waals surface area contributed by atoms with Crippen LogP contribution in [0.15, 0.2) is 12.1 Å². The van der Waals surface area contributed by atoms with Crippen molar-refractivity contribution in [3.63, 3.8) is 0 Å². The number of halogens is 2. The number of aliphatic hydroxyl groups excluding tert-OH is 1. The van der Waals surface area contributed by atoms with Crippen LogP contribution in [0, 0.1) is 11.7 Å². The van der Waals surface area contributed by atoms with Crippen LogP contribution in [0.2, 0.25) is 5.02 Å². The second-order valence-corrected chi connectivity index (χ2v) is 8.83. The van der Waals surface area contributed by atoms with Crippen molar-refractivity contribution in [3.8, 4) is 5.75 Å². The van der Waals surface area contributed by atoms with Crippen molar-refractivity contribution in [2.75, 3.05) is 11.5 Å². The SMILES string of the molecule is O=C(O)COc1cc(N2C(=O)C3CCC(O)CC3(S(=O)(=O)O)C2=O)c(F)cc1Cl. The fourth-order valence-corrected chi connectivity index (χ4v) is 5.25. The first kappa shape index (κ1) is 21.4. The van der Waals surface area contributed by atoms with E-state index in [2.05, 4.69) is 0 Å². The minimum Gasteiger partial charge on any atom is -0.480 e. The third-order valence-electron chi connectivity index (χ3n) is 5.03. The molecule has 158 valence electrons. The van der Waals surface area contributed by atoms with Crippen LogP contribution in [-0.4, -0.2) is 58.4 Å². The lowest BCUT2D eigenvalue weighted by Gasteiger charge is -2.34. The maximum atomic E-state index is 14.5. The monoisotopic (exact) mass is 451 g/mol. The summed E-state index contributed by atoms with van der Waals surface area (Å²) in [6, 6.07) is 1.47.